The van der Waals surface area contributed by atoms with Gasteiger partial charge in [-0.2, -0.15) is 14.4 Å². The average molecular weight is 626 g/mol. The van der Waals surface area contributed by atoms with Crippen molar-refractivity contribution in [2.45, 2.75) is 4.90 Å². The summed E-state index contributed by atoms with van der Waals surface area (Å²) in [6.45, 7) is 7.52. The van der Waals surface area contributed by atoms with Crippen LogP contribution in [0.2, 0.25) is 0 Å². The zero-order valence-corrected chi connectivity index (χ0v) is 24.2. The van der Waals surface area contributed by atoms with Crippen LogP contribution >= 0.6 is 27.3 Å². The van der Waals surface area contributed by atoms with Crippen LogP contribution in [-0.2, 0) is 10.0 Å². The van der Waals surface area contributed by atoms with Crippen molar-refractivity contribution < 1.29 is 17.9 Å². The zero-order valence-electron chi connectivity index (χ0n) is 21.0. The highest BCUT2D eigenvalue weighted by Gasteiger charge is 2.25. The molecule has 4 rings (SSSR count). The number of sulfonamides is 1. The van der Waals surface area contributed by atoms with Gasteiger partial charge in [0.15, 0.2) is 0 Å². The molecule has 0 radical (unpaired) electrons. The minimum absolute atomic E-state index is 0.0564. The molecule has 0 aliphatic carbocycles. The lowest BCUT2D eigenvalue weighted by molar-refractivity contribution is 0.0987. The van der Waals surface area contributed by atoms with Crippen LogP contribution < -0.4 is 9.75 Å². The van der Waals surface area contributed by atoms with E-state index in [1.807, 2.05) is 30.3 Å². The molecular weight excluding hydrogens is 600 g/mol. The number of hydrogen-bond donors (Lipinski definition) is 0. The van der Waals surface area contributed by atoms with Gasteiger partial charge in [-0.25, -0.2) is 13.4 Å². The lowest BCUT2D eigenvalue weighted by atomic mass is 10.2. The van der Waals surface area contributed by atoms with Gasteiger partial charge in [-0.1, -0.05) is 39.4 Å². The molecule has 39 heavy (non-hydrogen) atoms. The Kier molecular flexibility index (Phi) is 9.08. The van der Waals surface area contributed by atoms with Crippen molar-refractivity contribution in [1.82, 2.24) is 9.29 Å². The molecule has 0 aliphatic heterocycles. The molecule has 0 saturated heterocycles. The molecule has 0 atom stereocenters. The third-order valence-electron chi connectivity index (χ3n) is 5.56. The molecule has 0 N–H and O–H groups in total. The first-order valence-electron chi connectivity index (χ1n) is 11.7. The van der Waals surface area contributed by atoms with E-state index in [-0.39, 0.29) is 23.5 Å². The van der Waals surface area contributed by atoms with Gasteiger partial charge in [0.05, 0.1) is 28.4 Å². The van der Waals surface area contributed by atoms with Crippen molar-refractivity contribution >= 4 is 64.8 Å². The van der Waals surface area contributed by atoms with Crippen LogP contribution in [0.25, 0.3) is 10.2 Å². The van der Waals surface area contributed by atoms with Gasteiger partial charge in [0.25, 0.3) is 5.91 Å². The van der Waals surface area contributed by atoms with Crippen molar-refractivity contribution in [2.75, 3.05) is 25.2 Å². The van der Waals surface area contributed by atoms with Crippen molar-refractivity contribution in [2.24, 2.45) is 5.10 Å². The predicted molar refractivity (Wildman–Crippen MR) is 160 cm³/mol. The third kappa shape index (κ3) is 6.51. The molecule has 4 aromatic rings. The maximum Gasteiger partial charge on any atom is 0.280 e. The second-order valence-electron chi connectivity index (χ2n) is 8.17. The van der Waals surface area contributed by atoms with Crippen LogP contribution in [0.15, 0.2) is 107 Å². The number of nitrogens with zero attached hydrogens (tertiary/aromatic N) is 4. The molecule has 3 aromatic carbocycles. The number of benzene rings is 3. The van der Waals surface area contributed by atoms with Gasteiger partial charge in [-0.05, 0) is 72.3 Å². The Labute approximate surface area is 239 Å². The van der Waals surface area contributed by atoms with E-state index in [0.29, 0.717) is 10.9 Å². The number of thiazole rings is 1. The van der Waals surface area contributed by atoms with Crippen LogP contribution in [0, 0.1) is 0 Å². The van der Waals surface area contributed by atoms with Gasteiger partial charge in [0.2, 0.25) is 15.2 Å². The molecule has 0 spiro atoms. The van der Waals surface area contributed by atoms with Gasteiger partial charge in [0, 0.05) is 23.1 Å². The maximum atomic E-state index is 13.7. The molecular formula is C28H25BrN4O4S2. The van der Waals surface area contributed by atoms with Crippen molar-refractivity contribution in [1.29, 1.82) is 0 Å². The van der Waals surface area contributed by atoms with Crippen LogP contribution in [0.3, 0.4) is 0 Å². The Morgan fingerprint density at radius 3 is 2.33 bits per heavy atom. The molecule has 0 aliphatic rings. The summed E-state index contributed by atoms with van der Waals surface area (Å²) >= 11 is 4.78. The monoisotopic (exact) mass is 624 g/mol. The smallest absolute Gasteiger partial charge is 0.280 e. The van der Waals surface area contributed by atoms with Gasteiger partial charge in [-0.15, -0.1) is 13.2 Å². The summed E-state index contributed by atoms with van der Waals surface area (Å²) in [5.74, 6) is 0.238. The number of methoxy groups -OCH3 is 1. The number of hydrogen-bond acceptors (Lipinski definition) is 7. The van der Waals surface area contributed by atoms with Crippen LogP contribution in [0.1, 0.15) is 15.9 Å². The number of fused-ring (bicyclic) bond motifs is 1. The fraction of sp³-hybridized carbons (Fsp3) is 0.107. The third-order valence-corrected chi connectivity index (χ3v) is 8.89. The Morgan fingerprint density at radius 2 is 1.72 bits per heavy atom. The number of carbonyl (C=O) groups excluding carboxylic acids is 1. The number of carbonyl (C=O) groups is 1. The minimum Gasteiger partial charge on any atom is -0.497 e. The Balaban J connectivity index is 1.69. The fourth-order valence-corrected chi connectivity index (χ4v) is 6.44. The van der Waals surface area contributed by atoms with E-state index < -0.39 is 15.9 Å². The van der Waals surface area contributed by atoms with Crippen molar-refractivity contribution in [3.8, 4) is 5.75 Å². The van der Waals surface area contributed by atoms with E-state index in [1.54, 1.807) is 25.5 Å². The number of hydrazone groups is 1. The van der Waals surface area contributed by atoms with Gasteiger partial charge in [-0.3, -0.25) is 4.79 Å². The predicted octanol–water partition coefficient (Wildman–Crippen LogP) is 6.11. The maximum absolute atomic E-state index is 13.7. The van der Waals surface area contributed by atoms with E-state index in [0.717, 1.165) is 20.3 Å². The van der Waals surface area contributed by atoms with Gasteiger partial charge < -0.3 is 4.74 Å². The average Bonchev–Trinajstić information content (AvgIpc) is 3.36. The highest BCUT2D eigenvalue weighted by atomic mass is 79.9. The normalized spacial score (nSPS) is 11.7. The number of rotatable bonds is 11. The quantitative estimate of drug-likeness (QED) is 0.114. The Hall–Kier alpha value is -3.64. The molecule has 0 saturated carbocycles. The summed E-state index contributed by atoms with van der Waals surface area (Å²) in [5.41, 5.74) is 1.73. The molecule has 1 aromatic heterocycles. The highest BCUT2D eigenvalue weighted by molar-refractivity contribution is 9.10. The molecule has 0 fully saturated rings. The molecule has 1 heterocycles. The SMILES string of the molecule is C=CCN(CC=C)S(=O)(=O)c1ccc(C(=O)N(/N=C/c2ccc(OC)cc2)c2nc3ccc(Br)cc3s2)cc1. The minimum atomic E-state index is -3.80. The number of anilines is 1. The van der Waals surface area contributed by atoms with Gasteiger partial charge in [0.1, 0.15) is 5.75 Å². The largest absolute Gasteiger partial charge is 0.497 e. The lowest BCUT2D eigenvalue weighted by Crippen LogP contribution is -2.31. The second kappa shape index (κ2) is 12.5. The standard InChI is InChI=1S/C28H25BrN4O4S2/c1-4-16-32(17-5-2)39(35,36)24-13-8-21(9-14-24)27(34)33(30-19-20-6-11-23(37-3)12-7-20)28-31-25-15-10-22(29)18-26(25)38-28/h4-15,18-19H,1-2,16-17H2,3H3/b30-19+. The molecule has 1 amide bonds. The van der Waals surface area contributed by atoms with E-state index >= 15 is 0 Å². The molecule has 200 valence electrons. The summed E-state index contributed by atoms with van der Waals surface area (Å²) in [6, 6.07) is 18.6. The lowest BCUT2D eigenvalue weighted by Gasteiger charge is -2.19. The number of aromatic nitrogens is 1. The van der Waals surface area contributed by atoms with Crippen molar-refractivity contribution in [3.63, 3.8) is 0 Å². The molecule has 0 bridgehead atoms. The van der Waals surface area contributed by atoms with Crippen LogP contribution in [0.5, 0.6) is 5.75 Å². The van der Waals surface area contributed by atoms with Gasteiger partial charge >= 0.3 is 0 Å². The van der Waals surface area contributed by atoms with E-state index in [9.17, 15) is 13.2 Å². The topological polar surface area (TPSA) is 92.2 Å². The highest BCUT2D eigenvalue weighted by Crippen LogP contribution is 2.32. The van der Waals surface area contributed by atoms with Crippen LogP contribution in [0.4, 0.5) is 5.13 Å². The fourth-order valence-electron chi connectivity index (χ4n) is 3.58. The first-order valence-corrected chi connectivity index (χ1v) is 14.7. The summed E-state index contributed by atoms with van der Waals surface area (Å²) < 4.78 is 34.4. The molecule has 8 nitrogen and oxygen atoms in total. The zero-order chi connectivity index (χ0) is 28.0. The Morgan fingerprint density at radius 1 is 1.05 bits per heavy atom. The summed E-state index contributed by atoms with van der Waals surface area (Å²) in [6.07, 6.45) is 4.57. The second-order valence-corrected chi connectivity index (χ2v) is 12.0. The number of amides is 1. The Bertz CT molecular complexity index is 1620. The molecule has 11 heteroatoms. The number of halogens is 1. The summed E-state index contributed by atoms with van der Waals surface area (Å²) in [7, 11) is -2.22. The first-order chi connectivity index (χ1) is 18.8. The van der Waals surface area contributed by atoms with E-state index in [1.165, 1.54) is 57.1 Å². The van der Waals surface area contributed by atoms with Crippen molar-refractivity contribution in [3.05, 3.63) is 108 Å². The number of ether oxygens (including phenoxy) is 1. The van der Waals surface area contributed by atoms with E-state index in [4.69, 9.17) is 4.74 Å². The summed E-state index contributed by atoms with van der Waals surface area (Å²) in [5, 5.41) is 6.06. The summed E-state index contributed by atoms with van der Waals surface area (Å²) in [4.78, 5) is 18.3. The molecule has 0 unspecified atom stereocenters. The first kappa shape index (κ1) is 28.4. The van der Waals surface area contributed by atoms with Crippen LogP contribution in [-0.4, -0.2) is 50.0 Å². The van der Waals surface area contributed by atoms with E-state index in [2.05, 4.69) is 39.2 Å².